The van der Waals surface area contributed by atoms with Crippen molar-refractivity contribution in [3.05, 3.63) is 22.4 Å². The second-order valence-corrected chi connectivity index (χ2v) is 3.67. The molecule has 0 spiro atoms. The van der Waals surface area contributed by atoms with E-state index >= 15 is 0 Å². The number of hydroxylamine groups is 1. The molecule has 0 fully saturated rings. The molecule has 0 aliphatic carbocycles. The zero-order valence-corrected chi connectivity index (χ0v) is 9.69. The van der Waals surface area contributed by atoms with E-state index in [2.05, 4.69) is 14.8 Å². The van der Waals surface area contributed by atoms with E-state index in [1.807, 2.05) is 5.48 Å². The predicted molar refractivity (Wildman–Crippen MR) is 59.6 cm³/mol. The van der Waals surface area contributed by atoms with Gasteiger partial charge in [-0.05, 0) is 11.4 Å². The van der Waals surface area contributed by atoms with Gasteiger partial charge in [-0.3, -0.25) is 9.63 Å². The van der Waals surface area contributed by atoms with Gasteiger partial charge in [0.15, 0.2) is 6.61 Å². The van der Waals surface area contributed by atoms with E-state index in [1.165, 1.54) is 18.4 Å². The maximum atomic E-state index is 10.9. The topological polar surface area (TPSA) is 97.2 Å². The van der Waals surface area contributed by atoms with Gasteiger partial charge in [0.2, 0.25) is 5.71 Å². The molecule has 1 aromatic rings. The molecule has 0 atom stereocenters. The van der Waals surface area contributed by atoms with Gasteiger partial charge in [-0.25, -0.2) is 10.3 Å². The molecule has 1 amide bonds. The van der Waals surface area contributed by atoms with Gasteiger partial charge in [-0.2, -0.15) is 0 Å². The Morgan fingerprint density at radius 1 is 1.59 bits per heavy atom. The summed E-state index contributed by atoms with van der Waals surface area (Å²) in [6, 6.07) is 3.28. The van der Waals surface area contributed by atoms with Crippen molar-refractivity contribution in [2.45, 2.75) is 0 Å². The Balaban J connectivity index is 2.60. The lowest BCUT2D eigenvalue weighted by Crippen LogP contribution is -2.26. The van der Waals surface area contributed by atoms with Crippen LogP contribution in [0.15, 0.2) is 22.7 Å². The van der Waals surface area contributed by atoms with E-state index < -0.39 is 18.5 Å². The highest BCUT2D eigenvalue weighted by molar-refractivity contribution is 7.13. The van der Waals surface area contributed by atoms with Gasteiger partial charge in [0.25, 0.3) is 5.91 Å². The Morgan fingerprint density at radius 2 is 2.35 bits per heavy atom. The maximum absolute atomic E-state index is 10.9. The Hall–Kier alpha value is -1.93. The van der Waals surface area contributed by atoms with Crippen molar-refractivity contribution < 1.29 is 24.4 Å². The number of thiophene rings is 1. The van der Waals surface area contributed by atoms with Crippen LogP contribution < -0.4 is 5.48 Å². The Bertz CT molecular complexity index is 415. The minimum Gasteiger partial charge on any atom is -0.476 e. The normalized spacial score (nSPS) is 11.0. The van der Waals surface area contributed by atoms with Crippen LogP contribution in [0.2, 0.25) is 0 Å². The van der Waals surface area contributed by atoms with Crippen molar-refractivity contribution >= 4 is 28.9 Å². The summed E-state index contributed by atoms with van der Waals surface area (Å²) in [5.41, 5.74) is 1.76. The summed E-state index contributed by atoms with van der Waals surface area (Å²) in [6.07, 6.45) is 0. The van der Waals surface area contributed by atoms with E-state index in [9.17, 15) is 9.59 Å². The summed E-state index contributed by atoms with van der Waals surface area (Å²) in [4.78, 5) is 31.2. The van der Waals surface area contributed by atoms with Gasteiger partial charge in [0.05, 0.1) is 12.0 Å². The van der Waals surface area contributed by atoms with E-state index in [0.717, 1.165) is 0 Å². The summed E-state index contributed by atoms with van der Waals surface area (Å²) in [5, 5.41) is 14.0. The molecule has 0 saturated heterocycles. The lowest BCUT2D eigenvalue weighted by Gasteiger charge is -2.01. The smallest absolute Gasteiger partial charge is 0.359 e. The third-order valence-corrected chi connectivity index (χ3v) is 2.40. The van der Waals surface area contributed by atoms with Crippen molar-refractivity contribution in [2.75, 3.05) is 13.7 Å². The third-order valence-electron chi connectivity index (χ3n) is 1.52. The number of rotatable bonds is 6. The molecule has 0 saturated carbocycles. The summed E-state index contributed by atoms with van der Waals surface area (Å²) in [5.74, 6) is -1.79. The molecule has 0 aromatic carbocycles. The van der Waals surface area contributed by atoms with Crippen molar-refractivity contribution in [2.24, 2.45) is 5.16 Å². The molecule has 0 bridgehead atoms. The van der Waals surface area contributed by atoms with Crippen LogP contribution in [0.3, 0.4) is 0 Å². The van der Waals surface area contributed by atoms with Crippen molar-refractivity contribution in [3.8, 4) is 0 Å². The quantitative estimate of drug-likeness (QED) is 0.562. The van der Waals surface area contributed by atoms with E-state index in [0.29, 0.717) is 4.88 Å². The number of carboxylic acids is 1. The molecule has 2 N–H and O–H groups in total. The zero-order valence-electron chi connectivity index (χ0n) is 8.87. The van der Waals surface area contributed by atoms with Gasteiger partial charge < -0.3 is 9.94 Å². The molecule has 1 aromatic heterocycles. The van der Waals surface area contributed by atoms with E-state index in [1.54, 1.807) is 17.5 Å². The molecule has 0 aliphatic rings. The second kappa shape index (κ2) is 6.61. The van der Waals surface area contributed by atoms with Crippen molar-refractivity contribution in [1.82, 2.24) is 5.48 Å². The van der Waals surface area contributed by atoms with Crippen LogP contribution in [-0.2, 0) is 19.3 Å². The maximum Gasteiger partial charge on any atom is 0.359 e. The molecule has 1 rings (SSSR count). The van der Waals surface area contributed by atoms with Crippen LogP contribution in [0.25, 0.3) is 0 Å². The monoisotopic (exact) mass is 258 g/mol. The first-order chi connectivity index (χ1) is 8.15. The van der Waals surface area contributed by atoms with Gasteiger partial charge in [-0.15, -0.1) is 11.3 Å². The average Bonchev–Trinajstić information content (AvgIpc) is 2.77. The first-order valence-electron chi connectivity index (χ1n) is 4.44. The molecule has 92 valence electrons. The number of nitrogens with zero attached hydrogens (tertiary/aromatic N) is 1. The number of carbonyl (C=O) groups excluding carboxylic acids is 1. The third kappa shape index (κ3) is 4.21. The van der Waals surface area contributed by atoms with Crippen molar-refractivity contribution in [1.29, 1.82) is 0 Å². The molecular weight excluding hydrogens is 248 g/mol. The fraction of sp³-hybridized carbons (Fsp3) is 0.222. The molecule has 0 aliphatic heterocycles. The largest absolute Gasteiger partial charge is 0.476 e. The number of hydrogen-bond donors (Lipinski definition) is 2. The zero-order chi connectivity index (χ0) is 12.7. The highest BCUT2D eigenvalue weighted by Gasteiger charge is 2.14. The number of aliphatic carboxylic acids is 1. The molecule has 8 heteroatoms. The Morgan fingerprint density at radius 3 is 2.88 bits per heavy atom. The number of carbonyl (C=O) groups is 2. The van der Waals surface area contributed by atoms with Crippen LogP contribution in [-0.4, -0.2) is 36.4 Å². The molecule has 1 heterocycles. The highest BCUT2D eigenvalue weighted by atomic mass is 32.1. The molecule has 7 nitrogen and oxygen atoms in total. The first kappa shape index (κ1) is 13.1. The van der Waals surface area contributed by atoms with Gasteiger partial charge in [0, 0.05) is 0 Å². The second-order valence-electron chi connectivity index (χ2n) is 2.73. The molecular formula is C9H10N2O5S. The van der Waals surface area contributed by atoms with Crippen LogP contribution >= 0.6 is 11.3 Å². The fourth-order valence-electron chi connectivity index (χ4n) is 0.901. The standard InChI is InChI=1S/C9H10N2O5S/c1-15-10-7(12)5-16-11-8(9(13)14)6-3-2-4-17-6/h2-4H,5H2,1H3,(H,10,12)(H,13,14)/b11-8-. The van der Waals surface area contributed by atoms with Gasteiger partial charge >= 0.3 is 5.97 Å². The number of hydrogen-bond acceptors (Lipinski definition) is 6. The molecule has 0 radical (unpaired) electrons. The van der Waals surface area contributed by atoms with E-state index in [-0.39, 0.29) is 5.71 Å². The lowest BCUT2D eigenvalue weighted by atomic mass is 10.3. The predicted octanol–water partition coefficient (Wildman–Crippen LogP) is 0.231. The molecule has 17 heavy (non-hydrogen) atoms. The number of carboxylic acid groups (broad SMARTS) is 1. The van der Waals surface area contributed by atoms with Gasteiger partial charge in [-0.1, -0.05) is 11.2 Å². The number of oxime groups is 1. The Kier molecular flexibility index (Phi) is 5.11. The lowest BCUT2D eigenvalue weighted by molar-refractivity contribution is -0.136. The minimum atomic E-state index is -1.22. The van der Waals surface area contributed by atoms with Crippen LogP contribution in [0.4, 0.5) is 0 Å². The fourth-order valence-corrected chi connectivity index (χ4v) is 1.60. The first-order valence-corrected chi connectivity index (χ1v) is 5.32. The highest BCUT2D eigenvalue weighted by Crippen LogP contribution is 2.10. The average molecular weight is 258 g/mol. The van der Waals surface area contributed by atoms with Crippen LogP contribution in [0.1, 0.15) is 4.88 Å². The Labute approximate surface area is 101 Å². The SMILES string of the molecule is CONC(=O)CO/N=C(\C(=O)O)c1cccs1. The summed E-state index contributed by atoms with van der Waals surface area (Å²) < 4.78 is 0. The minimum absolute atomic E-state index is 0.245. The number of amides is 1. The molecule has 0 unspecified atom stereocenters. The van der Waals surface area contributed by atoms with E-state index in [4.69, 9.17) is 5.11 Å². The van der Waals surface area contributed by atoms with Crippen molar-refractivity contribution in [3.63, 3.8) is 0 Å². The summed E-state index contributed by atoms with van der Waals surface area (Å²) in [7, 11) is 1.27. The van der Waals surface area contributed by atoms with Crippen LogP contribution in [0, 0.1) is 0 Å². The van der Waals surface area contributed by atoms with Crippen LogP contribution in [0.5, 0.6) is 0 Å². The number of nitrogens with one attached hydrogen (secondary N) is 1. The van der Waals surface area contributed by atoms with Gasteiger partial charge in [0.1, 0.15) is 0 Å². The summed E-state index contributed by atoms with van der Waals surface area (Å²) >= 11 is 1.21. The summed E-state index contributed by atoms with van der Waals surface area (Å²) in [6.45, 7) is -0.421.